The summed E-state index contributed by atoms with van der Waals surface area (Å²) in [4.78, 5) is 18.8. The lowest BCUT2D eigenvalue weighted by Gasteiger charge is -2.35. The van der Waals surface area contributed by atoms with Gasteiger partial charge >= 0.3 is 0 Å². The van der Waals surface area contributed by atoms with E-state index in [2.05, 4.69) is 10.3 Å². The van der Waals surface area contributed by atoms with Crippen molar-refractivity contribution in [1.82, 2.24) is 10.3 Å². The number of hydrogen-bond donors (Lipinski definition) is 2. The van der Waals surface area contributed by atoms with Crippen LogP contribution in [0.3, 0.4) is 0 Å². The number of aromatic nitrogens is 1. The molecule has 0 aliphatic carbocycles. The van der Waals surface area contributed by atoms with Crippen LogP contribution < -0.4 is 16.0 Å². The van der Waals surface area contributed by atoms with Gasteiger partial charge in [-0.05, 0) is 18.6 Å². The van der Waals surface area contributed by atoms with Gasteiger partial charge in [0.1, 0.15) is 16.8 Å². The number of hydrogen-bond acceptors (Lipinski definition) is 5. The second-order valence-electron chi connectivity index (χ2n) is 4.84. The van der Waals surface area contributed by atoms with Crippen molar-refractivity contribution in [2.24, 2.45) is 5.73 Å². The molecule has 2 heterocycles. The highest BCUT2D eigenvalue weighted by Crippen LogP contribution is 2.18. The van der Waals surface area contributed by atoms with Gasteiger partial charge in [-0.1, -0.05) is 19.1 Å². The minimum absolute atomic E-state index is 0.0425. The molecule has 0 radical (unpaired) electrons. The molecule has 114 valence electrons. The summed E-state index contributed by atoms with van der Waals surface area (Å²) in [7, 11) is 0. The molecule has 1 aliphatic rings. The number of amides is 1. The maximum atomic E-state index is 12.2. The Bertz CT molecular complexity index is 523. The molecule has 0 spiro atoms. The first kappa shape index (κ1) is 15.7. The maximum absolute atomic E-state index is 12.2. The molecule has 1 aliphatic heterocycles. The Morgan fingerprint density at radius 3 is 3.19 bits per heavy atom. The second kappa shape index (κ2) is 7.33. The Hall–Kier alpha value is -1.73. The number of nitrogens with one attached hydrogen (secondary N) is 1. The van der Waals surface area contributed by atoms with E-state index in [4.69, 9.17) is 22.7 Å². The quantitative estimate of drug-likeness (QED) is 0.769. The largest absolute Gasteiger partial charge is 0.389 e. The molecule has 1 aromatic rings. The number of nitrogens with two attached hydrogens (primary N) is 1. The minimum Gasteiger partial charge on any atom is -0.389 e. The summed E-state index contributed by atoms with van der Waals surface area (Å²) < 4.78 is 5.43. The van der Waals surface area contributed by atoms with E-state index < -0.39 is 0 Å². The van der Waals surface area contributed by atoms with E-state index in [0.717, 1.165) is 12.0 Å². The van der Waals surface area contributed by atoms with Gasteiger partial charge in [-0.15, -0.1) is 0 Å². The Balaban J connectivity index is 2.20. The zero-order valence-electron chi connectivity index (χ0n) is 12.0. The number of nitrogens with zero attached hydrogens (tertiary/aromatic N) is 2. The van der Waals surface area contributed by atoms with Gasteiger partial charge in [-0.2, -0.15) is 0 Å². The lowest BCUT2D eigenvalue weighted by molar-refractivity contribution is -0.124. The zero-order valence-corrected chi connectivity index (χ0v) is 12.9. The van der Waals surface area contributed by atoms with Crippen molar-refractivity contribution in [2.75, 3.05) is 31.2 Å². The lowest BCUT2D eigenvalue weighted by atomic mass is 10.2. The van der Waals surface area contributed by atoms with E-state index in [1.807, 2.05) is 17.9 Å². The topological polar surface area (TPSA) is 80.5 Å². The van der Waals surface area contributed by atoms with Crippen molar-refractivity contribution < 1.29 is 9.53 Å². The van der Waals surface area contributed by atoms with Crippen LogP contribution in [0, 0.1) is 0 Å². The van der Waals surface area contributed by atoms with Crippen molar-refractivity contribution in [2.45, 2.75) is 19.4 Å². The fourth-order valence-corrected chi connectivity index (χ4v) is 2.32. The predicted molar refractivity (Wildman–Crippen MR) is 85.4 cm³/mol. The normalized spacial score (nSPS) is 18.3. The monoisotopic (exact) mass is 308 g/mol. The average Bonchev–Trinajstić information content (AvgIpc) is 2.52. The number of ether oxygens (including phenoxy) is 1. The van der Waals surface area contributed by atoms with Crippen LogP contribution in [-0.4, -0.2) is 48.2 Å². The molecule has 1 unspecified atom stereocenters. The molecule has 1 amide bonds. The summed E-state index contributed by atoms with van der Waals surface area (Å²) in [6.45, 7) is 4.20. The lowest BCUT2D eigenvalue weighted by Crippen LogP contribution is -2.54. The van der Waals surface area contributed by atoms with Crippen LogP contribution >= 0.6 is 12.2 Å². The molecular weight excluding hydrogens is 288 g/mol. The van der Waals surface area contributed by atoms with Gasteiger partial charge in [0.05, 0.1) is 13.2 Å². The third-order valence-electron chi connectivity index (χ3n) is 3.30. The van der Waals surface area contributed by atoms with Crippen LogP contribution in [0.25, 0.3) is 0 Å². The highest BCUT2D eigenvalue weighted by molar-refractivity contribution is 7.80. The fourth-order valence-electron chi connectivity index (χ4n) is 2.19. The van der Waals surface area contributed by atoms with E-state index in [1.54, 1.807) is 12.3 Å². The molecule has 2 rings (SSSR count). The SMILES string of the molecule is CCCNC(=O)C1COCCN1c1cc(C(N)=S)ccn1. The molecule has 1 fully saturated rings. The minimum atomic E-state index is -0.376. The third-order valence-corrected chi connectivity index (χ3v) is 3.54. The molecule has 3 N–H and O–H groups in total. The van der Waals surface area contributed by atoms with Gasteiger partial charge in [-0.25, -0.2) is 4.98 Å². The van der Waals surface area contributed by atoms with Gasteiger partial charge in [0.25, 0.3) is 0 Å². The van der Waals surface area contributed by atoms with Gasteiger partial charge in [-0.3, -0.25) is 4.79 Å². The number of carbonyl (C=O) groups is 1. The van der Waals surface area contributed by atoms with Gasteiger partial charge < -0.3 is 20.7 Å². The van der Waals surface area contributed by atoms with Crippen LogP contribution in [-0.2, 0) is 9.53 Å². The van der Waals surface area contributed by atoms with Crippen molar-refractivity contribution >= 4 is 28.9 Å². The highest BCUT2D eigenvalue weighted by atomic mass is 32.1. The average molecular weight is 308 g/mol. The number of thiocarbonyl (C=S) groups is 1. The molecule has 1 saturated heterocycles. The maximum Gasteiger partial charge on any atom is 0.245 e. The van der Waals surface area contributed by atoms with Crippen LogP contribution in [0.5, 0.6) is 0 Å². The molecule has 0 saturated carbocycles. The van der Waals surface area contributed by atoms with Crippen LogP contribution in [0.2, 0.25) is 0 Å². The van der Waals surface area contributed by atoms with Crippen molar-refractivity contribution in [3.8, 4) is 0 Å². The van der Waals surface area contributed by atoms with E-state index in [-0.39, 0.29) is 11.9 Å². The molecule has 7 heteroatoms. The predicted octanol–water partition coefficient (Wildman–Crippen LogP) is 0.447. The molecule has 1 atom stereocenters. The zero-order chi connectivity index (χ0) is 15.2. The van der Waals surface area contributed by atoms with E-state index in [1.165, 1.54) is 0 Å². The number of rotatable bonds is 5. The summed E-state index contributed by atoms with van der Waals surface area (Å²) in [5.74, 6) is 0.652. The summed E-state index contributed by atoms with van der Waals surface area (Å²) in [6.07, 6.45) is 2.55. The molecule has 0 aromatic carbocycles. The first-order chi connectivity index (χ1) is 10.1. The van der Waals surface area contributed by atoms with E-state index in [9.17, 15) is 4.79 Å². The van der Waals surface area contributed by atoms with Crippen molar-refractivity contribution in [1.29, 1.82) is 0 Å². The highest BCUT2D eigenvalue weighted by Gasteiger charge is 2.30. The van der Waals surface area contributed by atoms with Crippen molar-refractivity contribution in [3.63, 3.8) is 0 Å². The fraction of sp³-hybridized carbons (Fsp3) is 0.500. The van der Waals surface area contributed by atoms with Gasteiger partial charge in [0, 0.05) is 24.8 Å². The first-order valence-corrected chi connectivity index (χ1v) is 7.42. The Labute approximate surface area is 129 Å². The third kappa shape index (κ3) is 3.89. The van der Waals surface area contributed by atoms with Crippen LogP contribution in [0.4, 0.5) is 5.82 Å². The molecule has 1 aromatic heterocycles. The van der Waals surface area contributed by atoms with Crippen molar-refractivity contribution in [3.05, 3.63) is 23.9 Å². The molecular formula is C14H20N4O2S. The molecule has 0 bridgehead atoms. The Morgan fingerprint density at radius 1 is 1.67 bits per heavy atom. The molecule has 21 heavy (non-hydrogen) atoms. The summed E-state index contributed by atoms with van der Waals surface area (Å²) in [5.41, 5.74) is 6.40. The van der Waals surface area contributed by atoms with E-state index >= 15 is 0 Å². The first-order valence-electron chi connectivity index (χ1n) is 7.01. The molecule has 6 nitrogen and oxygen atoms in total. The van der Waals surface area contributed by atoms with Crippen LogP contribution in [0.1, 0.15) is 18.9 Å². The summed E-state index contributed by atoms with van der Waals surface area (Å²) in [5, 5.41) is 2.90. The smallest absolute Gasteiger partial charge is 0.245 e. The van der Waals surface area contributed by atoms with Gasteiger partial charge in [0.2, 0.25) is 5.91 Å². The number of anilines is 1. The summed E-state index contributed by atoms with van der Waals surface area (Å²) >= 11 is 4.99. The second-order valence-corrected chi connectivity index (χ2v) is 5.28. The Kier molecular flexibility index (Phi) is 5.46. The van der Waals surface area contributed by atoms with Gasteiger partial charge in [0.15, 0.2) is 0 Å². The number of morpholine rings is 1. The van der Waals surface area contributed by atoms with E-state index in [0.29, 0.717) is 37.1 Å². The van der Waals surface area contributed by atoms with Crippen LogP contribution in [0.15, 0.2) is 18.3 Å². The summed E-state index contributed by atoms with van der Waals surface area (Å²) in [6, 6.07) is 3.20. The number of carbonyl (C=O) groups excluding carboxylic acids is 1. The standard InChI is InChI=1S/C14H20N4O2S/c1-2-4-17-14(19)11-9-20-7-6-18(11)12-8-10(13(15)21)3-5-16-12/h3,5,8,11H,2,4,6-7,9H2,1H3,(H2,15,21)(H,17,19). The Morgan fingerprint density at radius 2 is 2.48 bits per heavy atom. The number of pyridine rings is 1.